The molecule has 0 aromatic heterocycles. The molecule has 1 atom stereocenters. The molecular formula is C15H12ClF2NO3S. The van der Waals surface area contributed by atoms with Gasteiger partial charge in [-0.15, -0.1) is 0 Å². The number of fused-ring (bicyclic) bond motifs is 1. The van der Waals surface area contributed by atoms with E-state index in [-0.39, 0.29) is 33.3 Å². The first kappa shape index (κ1) is 16.0. The molecule has 2 aromatic rings. The highest BCUT2D eigenvalue weighted by molar-refractivity contribution is 7.92. The average molecular weight is 360 g/mol. The van der Waals surface area contributed by atoms with E-state index in [0.29, 0.717) is 4.31 Å². The van der Waals surface area contributed by atoms with E-state index in [2.05, 4.69) is 0 Å². The van der Waals surface area contributed by atoms with Gasteiger partial charge in [0.25, 0.3) is 16.4 Å². The van der Waals surface area contributed by atoms with Crippen LogP contribution in [0.4, 0.5) is 14.5 Å². The van der Waals surface area contributed by atoms with Crippen molar-refractivity contribution in [3.63, 3.8) is 0 Å². The third kappa shape index (κ3) is 2.53. The zero-order chi connectivity index (χ0) is 16.8. The fourth-order valence-electron chi connectivity index (χ4n) is 2.68. The van der Waals surface area contributed by atoms with Crippen LogP contribution in [0.15, 0.2) is 47.4 Å². The van der Waals surface area contributed by atoms with Crippen LogP contribution in [0.3, 0.4) is 0 Å². The lowest BCUT2D eigenvalue weighted by Crippen LogP contribution is -2.42. The number of alkyl halides is 2. The quantitative estimate of drug-likeness (QED) is 0.913. The Balaban J connectivity index is 2.19. The number of hydrogen-bond donors (Lipinski definition) is 1. The van der Waals surface area contributed by atoms with Crippen LogP contribution in [0.2, 0.25) is 5.02 Å². The normalized spacial score (nSPS) is 17.6. The highest BCUT2D eigenvalue weighted by Gasteiger charge is 2.44. The molecule has 3 rings (SSSR count). The summed E-state index contributed by atoms with van der Waals surface area (Å²) in [5.74, 6) is -0.266. The Bertz CT molecular complexity index is 843. The second-order valence-corrected chi connectivity index (χ2v) is 7.31. The van der Waals surface area contributed by atoms with Crippen molar-refractivity contribution in [2.75, 3.05) is 4.31 Å². The summed E-state index contributed by atoms with van der Waals surface area (Å²) in [6.07, 6.45) is -3.15. The number of phenols is 1. The van der Waals surface area contributed by atoms with Gasteiger partial charge in [0.2, 0.25) is 0 Å². The van der Waals surface area contributed by atoms with Gasteiger partial charge in [-0.3, -0.25) is 4.31 Å². The van der Waals surface area contributed by atoms with Gasteiger partial charge < -0.3 is 5.11 Å². The number of phenolic OH excluding ortho intramolecular Hbond substituents is 1. The van der Waals surface area contributed by atoms with Gasteiger partial charge >= 0.3 is 0 Å². The summed E-state index contributed by atoms with van der Waals surface area (Å²) in [4.78, 5) is -0.0808. The van der Waals surface area contributed by atoms with E-state index in [9.17, 15) is 22.3 Å². The van der Waals surface area contributed by atoms with Crippen LogP contribution < -0.4 is 4.31 Å². The molecule has 0 radical (unpaired) electrons. The smallest absolute Gasteiger partial charge is 0.264 e. The van der Waals surface area contributed by atoms with Gasteiger partial charge in [0.05, 0.1) is 15.6 Å². The Morgan fingerprint density at radius 3 is 2.43 bits per heavy atom. The number of rotatable bonds is 3. The van der Waals surface area contributed by atoms with E-state index in [4.69, 9.17) is 11.6 Å². The molecule has 2 aromatic carbocycles. The maximum atomic E-state index is 13.4. The minimum absolute atomic E-state index is 0.0713. The summed E-state index contributed by atoms with van der Waals surface area (Å²) in [7, 11) is -4.16. The van der Waals surface area contributed by atoms with Crippen molar-refractivity contribution < 1.29 is 22.3 Å². The predicted molar refractivity (Wildman–Crippen MR) is 82.7 cm³/mol. The van der Waals surface area contributed by atoms with Gasteiger partial charge in [-0.25, -0.2) is 17.2 Å². The second-order valence-electron chi connectivity index (χ2n) is 5.12. The number of halogens is 3. The van der Waals surface area contributed by atoms with Crippen molar-refractivity contribution in [1.82, 2.24) is 0 Å². The maximum Gasteiger partial charge on any atom is 0.264 e. The molecule has 0 saturated heterocycles. The lowest BCUT2D eigenvalue weighted by Gasteiger charge is -2.26. The lowest BCUT2D eigenvalue weighted by molar-refractivity contribution is 0.121. The zero-order valence-corrected chi connectivity index (χ0v) is 13.2. The molecular weight excluding hydrogens is 348 g/mol. The molecule has 1 unspecified atom stereocenters. The van der Waals surface area contributed by atoms with Crippen molar-refractivity contribution in [1.29, 1.82) is 0 Å². The number of sulfonamides is 1. The minimum atomic E-state index is -4.16. The Morgan fingerprint density at radius 1 is 1.17 bits per heavy atom. The maximum absolute atomic E-state index is 13.4. The van der Waals surface area contributed by atoms with Gasteiger partial charge in [-0.2, -0.15) is 0 Å². The SMILES string of the molecule is O=S(=O)(c1ccccc1)N1c2ccc(O)c(Cl)c2CC1C(F)F. The van der Waals surface area contributed by atoms with Gasteiger partial charge in [-0.05, 0) is 24.3 Å². The van der Waals surface area contributed by atoms with Crippen LogP contribution >= 0.6 is 11.6 Å². The molecule has 1 aliphatic heterocycles. The summed E-state index contributed by atoms with van der Waals surface area (Å²) >= 11 is 5.95. The molecule has 23 heavy (non-hydrogen) atoms. The molecule has 1 heterocycles. The molecule has 122 valence electrons. The Morgan fingerprint density at radius 2 is 1.83 bits per heavy atom. The van der Waals surface area contributed by atoms with Gasteiger partial charge in [0, 0.05) is 12.0 Å². The standard InChI is InChI=1S/C15H12ClF2NO3S/c16-14-10-8-12(15(17)18)19(11(10)6-7-13(14)20)23(21,22)9-4-2-1-3-5-9/h1-7,12,15,20H,8H2. The summed E-state index contributed by atoms with van der Waals surface area (Å²) in [6.45, 7) is 0. The van der Waals surface area contributed by atoms with E-state index in [1.54, 1.807) is 6.07 Å². The number of anilines is 1. The molecule has 0 spiro atoms. The summed E-state index contributed by atoms with van der Waals surface area (Å²) in [5, 5.41) is 9.53. The third-order valence-corrected chi connectivity index (χ3v) is 6.02. The first-order valence-corrected chi connectivity index (χ1v) is 8.54. The molecule has 0 amide bonds. The molecule has 1 N–H and O–H groups in total. The molecule has 0 saturated carbocycles. The molecule has 0 bridgehead atoms. The molecule has 0 aliphatic carbocycles. The van der Waals surface area contributed by atoms with Gasteiger partial charge in [0.1, 0.15) is 11.8 Å². The Hall–Kier alpha value is -1.86. The van der Waals surface area contributed by atoms with E-state index in [0.717, 1.165) is 0 Å². The minimum Gasteiger partial charge on any atom is -0.506 e. The first-order valence-electron chi connectivity index (χ1n) is 6.72. The van der Waals surface area contributed by atoms with Gasteiger partial charge in [-0.1, -0.05) is 29.8 Å². The van der Waals surface area contributed by atoms with E-state index in [1.807, 2.05) is 0 Å². The van der Waals surface area contributed by atoms with Crippen molar-refractivity contribution in [3.05, 3.63) is 53.1 Å². The Labute approximate surface area is 137 Å². The first-order chi connectivity index (χ1) is 10.8. The van der Waals surface area contributed by atoms with Crippen molar-refractivity contribution in [2.24, 2.45) is 0 Å². The number of hydrogen-bond acceptors (Lipinski definition) is 3. The van der Waals surface area contributed by atoms with Crippen molar-refractivity contribution in [2.45, 2.75) is 23.8 Å². The van der Waals surface area contributed by atoms with E-state index >= 15 is 0 Å². The van der Waals surface area contributed by atoms with Crippen LogP contribution in [0, 0.1) is 0 Å². The third-order valence-electron chi connectivity index (χ3n) is 3.74. The second kappa shape index (κ2) is 5.65. The lowest BCUT2D eigenvalue weighted by atomic mass is 10.1. The van der Waals surface area contributed by atoms with Crippen LogP contribution in [0.5, 0.6) is 5.75 Å². The highest BCUT2D eigenvalue weighted by atomic mass is 35.5. The fourth-order valence-corrected chi connectivity index (χ4v) is 4.59. The average Bonchev–Trinajstić information content (AvgIpc) is 2.93. The highest BCUT2D eigenvalue weighted by Crippen LogP contribution is 2.44. The largest absolute Gasteiger partial charge is 0.506 e. The van der Waals surface area contributed by atoms with E-state index < -0.39 is 22.5 Å². The van der Waals surface area contributed by atoms with Crippen LogP contribution in [-0.2, 0) is 16.4 Å². The number of benzene rings is 2. The summed E-state index contributed by atoms with van der Waals surface area (Å²) in [5.41, 5.74) is 0.276. The summed E-state index contributed by atoms with van der Waals surface area (Å²) in [6, 6.07) is 8.29. The van der Waals surface area contributed by atoms with E-state index in [1.165, 1.54) is 36.4 Å². The molecule has 8 heteroatoms. The predicted octanol–water partition coefficient (Wildman–Crippen LogP) is 3.43. The van der Waals surface area contributed by atoms with Crippen molar-refractivity contribution >= 4 is 27.3 Å². The van der Waals surface area contributed by atoms with Crippen molar-refractivity contribution in [3.8, 4) is 5.75 Å². The van der Waals surface area contributed by atoms with Gasteiger partial charge in [0.15, 0.2) is 0 Å². The van der Waals surface area contributed by atoms with Crippen LogP contribution in [0.25, 0.3) is 0 Å². The molecule has 4 nitrogen and oxygen atoms in total. The van der Waals surface area contributed by atoms with Crippen LogP contribution in [-0.4, -0.2) is 26.0 Å². The molecule has 0 fully saturated rings. The topological polar surface area (TPSA) is 57.6 Å². The fraction of sp³-hybridized carbons (Fsp3) is 0.200. The number of aromatic hydroxyl groups is 1. The monoisotopic (exact) mass is 359 g/mol. The van der Waals surface area contributed by atoms with Crippen LogP contribution in [0.1, 0.15) is 5.56 Å². The zero-order valence-electron chi connectivity index (χ0n) is 11.7. The molecule has 1 aliphatic rings. The Kier molecular flexibility index (Phi) is 3.93. The summed E-state index contributed by atoms with van der Waals surface area (Å²) < 4.78 is 53.1. The number of nitrogens with zero attached hydrogens (tertiary/aromatic N) is 1.